The fraction of sp³-hybridized carbons (Fsp3) is 0.250. The van der Waals surface area contributed by atoms with Crippen molar-refractivity contribution in [1.82, 2.24) is 15.1 Å². The van der Waals surface area contributed by atoms with Crippen LogP contribution in [-0.2, 0) is 7.05 Å². The molecule has 1 aliphatic heterocycles. The van der Waals surface area contributed by atoms with E-state index in [1.807, 2.05) is 31.4 Å². The third-order valence-electron chi connectivity index (χ3n) is 3.69. The van der Waals surface area contributed by atoms with Gasteiger partial charge in [-0.05, 0) is 24.6 Å². The molecule has 23 heavy (non-hydrogen) atoms. The number of benzene rings is 1. The van der Waals surface area contributed by atoms with Gasteiger partial charge in [0.25, 0.3) is 0 Å². The summed E-state index contributed by atoms with van der Waals surface area (Å²) in [5, 5.41) is 6.47. The molecule has 0 radical (unpaired) electrons. The summed E-state index contributed by atoms with van der Waals surface area (Å²) < 4.78 is 39.6. The Morgan fingerprint density at radius 2 is 2.04 bits per heavy atom. The van der Waals surface area contributed by atoms with Gasteiger partial charge in [-0.2, -0.15) is 18.3 Å². The Labute approximate surface area is 131 Å². The van der Waals surface area contributed by atoms with Gasteiger partial charge >= 0.3 is 6.18 Å². The van der Waals surface area contributed by atoms with Crippen LogP contribution in [0.5, 0.6) is 0 Å². The number of nitrogens with one attached hydrogen (secondary N) is 1. The van der Waals surface area contributed by atoms with Gasteiger partial charge < -0.3 is 5.32 Å². The van der Waals surface area contributed by atoms with E-state index in [9.17, 15) is 13.2 Å². The number of allylic oxidation sites excluding steroid dienone is 1. The smallest absolute Gasteiger partial charge is 0.373 e. The average Bonchev–Trinajstić information content (AvgIpc) is 2.85. The Morgan fingerprint density at radius 1 is 1.30 bits per heavy atom. The van der Waals surface area contributed by atoms with Crippen LogP contribution in [0.25, 0.3) is 11.1 Å². The second-order valence-electron chi connectivity index (χ2n) is 5.48. The number of aliphatic imine (C=N–C) groups is 1. The van der Waals surface area contributed by atoms with Crippen LogP contribution in [-0.4, -0.2) is 27.7 Å². The number of rotatable bonds is 4. The Hall–Kier alpha value is -2.57. The van der Waals surface area contributed by atoms with Gasteiger partial charge in [-0.25, -0.2) is 4.99 Å². The molecule has 0 aliphatic carbocycles. The number of halogens is 3. The van der Waals surface area contributed by atoms with Crippen LogP contribution in [0.3, 0.4) is 0 Å². The largest absolute Gasteiger partial charge is 0.408 e. The van der Waals surface area contributed by atoms with Gasteiger partial charge in [0.15, 0.2) is 0 Å². The lowest BCUT2D eigenvalue weighted by Crippen LogP contribution is -2.41. The van der Waals surface area contributed by atoms with Crippen LogP contribution in [0.4, 0.5) is 18.9 Å². The predicted octanol–water partition coefficient (Wildman–Crippen LogP) is 3.58. The molecular weight excluding hydrogens is 305 g/mol. The van der Waals surface area contributed by atoms with Crippen LogP contribution in [0, 0.1) is 0 Å². The van der Waals surface area contributed by atoms with E-state index in [1.165, 1.54) is 0 Å². The lowest BCUT2D eigenvalue weighted by molar-refractivity contribution is -0.149. The van der Waals surface area contributed by atoms with E-state index in [0.29, 0.717) is 5.71 Å². The summed E-state index contributed by atoms with van der Waals surface area (Å²) in [6.45, 7) is 4.73. The van der Waals surface area contributed by atoms with E-state index in [2.05, 4.69) is 22.0 Å². The zero-order valence-corrected chi connectivity index (χ0v) is 12.6. The molecule has 1 N–H and O–H groups in total. The zero-order valence-electron chi connectivity index (χ0n) is 12.6. The van der Waals surface area contributed by atoms with Crippen molar-refractivity contribution in [2.45, 2.75) is 19.1 Å². The maximum atomic E-state index is 12.6. The monoisotopic (exact) mass is 320 g/mol. The number of alkyl halides is 3. The molecule has 3 rings (SSSR count). The first-order chi connectivity index (χ1) is 10.8. The van der Waals surface area contributed by atoms with E-state index in [-0.39, 0.29) is 5.70 Å². The van der Waals surface area contributed by atoms with E-state index in [4.69, 9.17) is 0 Å². The van der Waals surface area contributed by atoms with Crippen LogP contribution in [0.15, 0.2) is 47.9 Å². The molecule has 0 spiro atoms. The molecule has 1 unspecified atom stereocenters. The van der Waals surface area contributed by atoms with E-state index >= 15 is 0 Å². The molecule has 1 aromatic heterocycles. The Balaban J connectivity index is 1.80. The van der Waals surface area contributed by atoms with Crippen LogP contribution in [0.2, 0.25) is 0 Å². The molecule has 1 aliphatic rings. The van der Waals surface area contributed by atoms with Crippen molar-refractivity contribution in [3.8, 4) is 11.1 Å². The second kappa shape index (κ2) is 5.26. The van der Waals surface area contributed by atoms with Crippen molar-refractivity contribution in [3.63, 3.8) is 0 Å². The van der Waals surface area contributed by atoms with Gasteiger partial charge in [0.2, 0.25) is 0 Å². The molecule has 120 valence electrons. The summed E-state index contributed by atoms with van der Waals surface area (Å²) in [7, 11) is 1.82. The highest BCUT2D eigenvalue weighted by Crippen LogP contribution is 2.35. The SMILES string of the molecule is C=C(NC(C)C(F)(F)F)C1=Nc2ccc(-c3cnn(C)c3)cc21. The number of aromatic nitrogens is 2. The summed E-state index contributed by atoms with van der Waals surface area (Å²) in [4.78, 5) is 4.23. The summed E-state index contributed by atoms with van der Waals surface area (Å²) in [6, 6.07) is 3.95. The van der Waals surface area contributed by atoms with Gasteiger partial charge in [0.1, 0.15) is 6.04 Å². The number of nitrogens with zero attached hydrogens (tertiary/aromatic N) is 3. The first-order valence-corrected chi connectivity index (χ1v) is 7.00. The van der Waals surface area contributed by atoms with Gasteiger partial charge in [0, 0.05) is 24.4 Å². The van der Waals surface area contributed by atoms with Crippen LogP contribution < -0.4 is 5.32 Å². The minimum atomic E-state index is -4.33. The van der Waals surface area contributed by atoms with Crippen molar-refractivity contribution in [3.05, 3.63) is 48.4 Å². The number of aryl methyl sites for hydroxylation is 1. The lowest BCUT2D eigenvalue weighted by Gasteiger charge is -2.25. The minimum Gasteiger partial charge on any atom is -0.373 e. The highest BCUT2D eigenvalue weighted by atomic mass is 19.4. The first-order valence-electron chi connectivity index (χ1n) is 7.00. The van der Waals surface area contributed by atoms with Gasteiger partial charge in [-0.3, -0.25) is 4.68 Å². The lowest BCUT2D eigenvalue weighted by atomic mass is 9.95. The normalized spacial score (nSPS) is 14.6. The Bertz CT molecular complexity index is 802. The maximum absolute atomic E-state index is 12.6. The zero-order chi connectivity index (χ0) is 16.8. The molecule has 4 nitrogen and oxygen atoms in total. The third kappa shape index (κ3) is 2.86. The van der Waals surface area contributed by atoms with Crippen molar-refractivity contribution in [2.24, 2.45) is 12.0 Å². The molecule has 1 aromatic carbocycles. The summed E-state index contributed by atoms with van der Waals surface area (Å²) >= 11 is 0. The fourth-order valence-electron chi connectivity index (χ4n) is 2.34. The van der Waals surface area contributed by atoms with Crippen LogP contribution in [0.1, 0.15) is 12.5 Å². The average molecular weight is 320 g/mol. The van der Waals surface area contributed by atoms with E-state index in [1.54, 1.807) is 10.9 Å². The standard InChI is InChI=1S/C16H15F3N4/c1-9(21-10(2)16(17,18)19)15-13-6-11(4-5-14(13)22-15)12-7-20-23(3)8-12/h4-8,10,21H,1H2,2-3H3. The minimum absolute atomic E-state index is 0.172. The van der Waals surface area contributed by atoms with Gasteiger partial charge in [0.05, 0.1) is 23.3 Å². The summed E-state index contributed by atoms with van der Waals surface area (Å²) in [6.07, 6.45) is -0.723. The predicted molar refractivity (Wildman–Crippen MR) is 82.6 cm³/mol. The number of hydrogen-bond donors (Lipinski definition) is 1. The highest BCUT2D eigenvalue weighted by Gasteiger charge is 2.37. The molecule has 1 atom stereocenters. The second-order valence-corrected chi connectivity index (χ2v) is 5.48. The Morgan fingerprint density at radius 3 is 2.65 bits per heavy atom. The molecule has 0 saturated carbocycles. The molecule has 0 bridgehead atoms. The number of fused-ring (bicyclic) bond motifs is 1. The van der Waals surface area contributed by atoms with Crippen molar-refractivity contribution >= 4 is 11.4 Å². The maximum Gasteiger partial charge on any atom is 0.408 e. The first kappa shape index (κ1) is 15.3. The molecule has 7 heteroatoms. The van der Waals surface area contributed by atoms with Crippen molar-refractivity contribution < 1.29 is 13.2 Å². The molecular formula is C16H15F3N4. The van der Waals surface area contributed by atoms with Gasteiger partial charge in [-0.1, -0.05) is 12.6 Å². The molecule has 0 fully saturated rings. The van der Waals surface area contributed by atoms with Crippen molar-refractivity contribution in [2.75, 3.05) is 0 Å². The van der Waals surface area contributed by atoms with Crippen molar-refractivity contribution in [1.29, 1.82) is 0 Å². The summed E-state index contributed by atoms with van der Waals surface area (Å²) in [5.74, 6) is 0. The van der Waals surface area contributed by atoms with Crippen LogP contribution >= 0.6 is 0 Å². The Kier molecular flexibility index (Phi) is 3.50. The quantitative estimate of drug-likeness (QED) is 0.936. The molecule has 0 saturated heterocycles. The molecule has 0 amide bonds. The van der Waals surface area contributed by atoms with E-state index < -0.39 is 12.2 Å². The fourth-order valence-corrected chi connectivity index (χ4v) is 2.34. The summed E-state index contributed by atoms with van der Waals surface area (Å²) in [5.41, 5.74) is 4.03. The molecule has 2 aromatic rings. The van der Waals surface area contributed by atoms with E-state index in [0.717, 1.165) is 29.3 Å². The van der Waals surface area contributed by atoms with Gasteiger partial charge in [-0.15, -0.1) is 0 Å². The third-order valence-corrected chi connectivity index (χ3v) is 3.69. The molecule has 2 heterocycles. The number of hydrogen-bond acceptors (Lipinski definition) is 3. The topological polar surface area (TPSA) is 42.2 Å². The highest BCUT2D eigenvalue weighted by molar-refractivity contribution is 6.21.